The van der Waals surface area contributed by atoms with Gasteiger partial charge in [0.25, 0.3) is 0 Å². The minimum Gasteiger partial charge on any atom is -0.326 e. The molecule has 1 aromatic heterocycles. The van der Waals surface area contributed by atoms with Gasteiger partial charge in [-0.1, -0.05) is 41.4 Å². The molecule has 118 valence electrons. The van der Waals surface area contributed by atoms with E-state index in [1.165, 1.54) is 6.07 Å². The molecule has 3 rings (SSSR count). The highest BCUT2D eigenvalue weighted by atomic mass is 35.5. The molecule has 0 aliphatic carbocycles. The Morgan fingerprint density at radius 2 is 2.00 bits per heavy atom. The normalized spacial score (nSPS) is 11.0. The van der Waals surface area contributed by atoms with E-state index in [0.29, 0.717) is 5.82 Å². The zero-order valence-corrected chi connectivity index (χ0v) is 13.1. The Bertz CT molecular complexity index is 915. The molecule has 0 atom stereocenters. The third-order valence-electron chi connectivity index (χ3n) is 3.51. The van der Waals surface area contributed by atoms with Crippen LogP contribution >= 0.6 is 11.6 Å². The van der Waals surface area contributed by atoms with Gasteiger partial charge in [-0.2, -0.15) is 4.68 Å². The smallest absolute Gasteiger partial charge is 0.326 e. The lowest BCUT2D eigenvalue weighted by molar-refractivity contribution is 0.609. The number of aryl methyl sites for hydroxylation is 1. The molecular weight excluding hydrogens is 319 g/mol. The number of nitrogens with two attached hydrogens (primary N) is 1. The summed E-state index contributed by atoms with van der Waals surface area (Å²) in [6.45, 7) is 1.97. The van der Waals surface area contributed by atoms with Crippen molar-refractivity contribution in [3.8, 4) is 17.1 Å². The quantitative estimate of drug-likeness (QED) is 0.774. The predicted octanol–water partition coefficient (Wildman–Crippen LogP) is 2.79. The van der Waals surface area contributed by atoms with Crippen LogP contribution in [0.3, 0.4) is 0 Å². The number of hydrogen-bond acceptors (Lipinski definition) is 3. The first-order valence-electron chi connectivity index (χ1n) is 6.94. The highest BCUT2D eigenvalue weighted by Crippen LogP contribution is 2.24. The van der Waals surface area contributed by atoms with Crippen LogP contribution in [0.1, 0.15) is 11.1 Å². The summed E-state index contributed by atoms with van der Waals surface area (Å²) in [5.41, 5.74) is 7.45. The Morgan fingerprint density at radius 3 is 2.65 bits per heavy atom. The summed E-state index contributed by atoms with van der Waals surface area (Å²) in [6.07, 6.45) is 0. The van der Waals surface area contributed by atoms with Crippen LogP contribution in [0.25, 0.3) is 17.1 Å². The first kappa shape index (κ1) is 15.5. The average molecular weight is 333 g/mol. The SMILES string of the molecule is Cc1ccc(-c2nn(-c3cc(CN)c(F)cc3Cl)c(=O)[nH]2)cc1. The number of benzene rings is 2. The maximum Gasteiger partial charge on any atom is 0.348 e. The number of halogens is 2. The molecule has 3 N–H and O–H groups in total. The highest BCUT2D eigenvalue weighted by molar-refractivity contribution is 6.32. The molecule has 0 amide bonds. The molecule has 0 fully saturated rings. The van der Waals surface area contributed by atoms with Crippen LogP contribution in [-0.4, -0.2) is 14.8 Å². The number of aromatic amines is 1. The molecule has 7 heteroatoms. The van der Waals surface area contributed by atoms with E-state index in [2.05, 4.69) is 10.1 Å². The van der Waals surface area contributed by atoms with Crippen molar-refractivity contribution in [1.29, 1.82) is 0 Å². The van der Waals surface area contributed by atoms with Gasteiger partial charge in [-0.05, 0) is 19.1 Å². The average Bonchev–Trinajstić information content (AvgIpc) is 2.90. The molecule has 0 unspecified atom stereocenters. The lowest BCUT2D eigenvalue weighted by Crippen LogP contribution is -2.17. The van der Waals surface area contributed by atoms with Crippen LogP contribution in [0.15, 0.2) is 41.2 Å². The Kier molecular flexibility index (Phi) is 4.02. The summed E-state index contributed by atoms with van der Waals surface area (Å²) < 4.78 is 14.8. The summed E-state index contributed by atoms with van der Waals surface area (Å²) in [6, 6.07) is 10.1. The summed E-state index contributed by atoms with van der Waals surface area (Å²) >= 11 is 6.05. The van der Waals surface area contributed by atoms with Gasteiger partial charge in [-0.3, -0.25) is 4.98 Å². The van der Waals surface area contributed by atoms with Crippen molar-refractivity contribution in [2.45, 2.75) is 13.5 Å². The van der Waals surface area contributed by atoms with Gasteiger partial charge in [0.05, 0.1) is 10.7 Å². The molecule has 5 nitrogen and oxygen atoms in total. The second-order valence-electron chi connectivity index (χ2n) is 5.16. The van der Waals surface area contributed by atoms with Crippen molar-refractivity contribution in [1.82, 2.24) is 14.8 Å². The van der Waals surface area contributed by atoms with E-state index < -0.39 is 11.5 Å². The van der Waals surface area contributed by atoms with E-state index in [1.54, 1.807) is 0 Å². The summed E-state index contributed by atoms with van der Waals surface area (Å²) in [4.78, 5) is 14.8. The lowest BCUT2D eigenvalue weighted by Gasteiger charge is -2.06. The van der Waals surface area contributed by atoms with Crippen LogP contribution in [0.2, 0.25) is 5.02 Å². The van der Waals surface area contributed by atoms with Crippen LogP contribution < -0.4 is 11.4 Å². The van der Waals surface area contributed by atoms with Gasteiger partial charge in [-0.15, -0.1) is 5.10 Å². The summed E-state index contributed by atoms with van der Waals surface area (Å²) in [7, 11) is 0. The number of hydrogen-bond donors (Lipinski definition) is 2. The maximum absolute atomic E-state index is 13.7. The van der Waals surface area contributed by atoms with E-state index in [9.17, 15) is 9.18 Å². The molecule has 0 radical (unpaired) electrons. The topological polar surface area (TPSA) is 76.7 Å². The molecule has 3 aromatic rings. The van der Waals surface area contributed by atoms with Gasteiger partial charge in [0.15, 0.2) is 5.82 Å². The Labute approximate surface area is 136 Å². The molecular formula is C16H14ClFN4O. The Morgan fingerprint density at radius 1 is 1.30 bits per heavy atom. The maximum atomic E-state index is 13.7. The summed E-state index contributed by atoms with van der Waals surface area (Å²) in [5.74, 6) is -0.103. The van der Waals surface area contributed by atoms with Gasteiger partial charge in [0.2, 0.25) is 0 Å². The van der Waals surface area contributed by atoms with Crippen LogP contribution in [-0.2, 0) is 6.54 Å². The van der Waals surface area contributed by atoms with Crippen molar-refractivity contribution >= 4 is 11.6 Å². The van der Waals surface area contributed by atoms with Crippen molar-refractivity contribution in [3.05, 3.63) is 68.8 Å². The number of nitrogens with one attached hydrogen (secondary N) is 1. The van der Waals surface area contributed by atoms with E-state index >= 15 is 0 Å². The molecule has 2 aromatic carbocycles. The number of aromatic nitrogens is 3. The third-order valence-corrected chi connectivity index (χ3v) is 3.81. The molecule has 0 bridgehead atoms. The van der Waals surface area contributed by atoms with Gasteiger partial charge in [0, 0.05) is 17.7 Å². The van der Waals surface area contributed by atoms with Gasteiger partial charge in [-0.25, -0.2) is 9.18 Å². The lowest BCUT2D eigenvalue weighted by atomic mass is 10.1. The summed E-state index contributed by atoms with van der Waals surface area (Å²) in [5, 5.41) is 4.33. The van der Waals surface area contributed by atoms with E-state index in [0.717, 1.165) is 21.9 Å². The van der Waals surface area contributed by atoms with Crippen LogP contribution in [0.5, 0.6) is 0 Å². The van der Waals surface area contributed by atoms with E-state index in [1.807, 2.05) is 31.2 Å². The minimum atomic E-state index is -0.511. The standard InChI is InChI=1S/C16H14ClFN4O/c1-9-2-4-10(5-3-9)15-20-16(23)22(21-15)14-6-11(8-19)13(18)7-12(14)17/h2-7H,8,19H2,1H3,(H,20,21,23). The highest BCUT2D eigenvalue weighted by Gasteiger charge is 2.14. The second kappa shape index (κ2) is 5.98. The zero-order chi connectivity index (χ0) is 16.6. The van der Waals surface area contributed by atoms with Gasteiger partial charge >= 0.3 is 5.69 Å². The fraction of sp³-hybridized carbons (Fsp3) is 0.125. The van der Waals surface area contributed by atoms with Gasteiger partial charge in [0.1, 0.15) is 5.82 Å². The fourth-order valence-corrected chi connectivity index (χ4v) is 2.46. The molecule has 0 aliphatic heterocycles. The van der Waals surface area contributed by atoms with Crippen LogP contribution in [0, 0.1) is 12.7 Å². The molecule has 0 saturated heterocycles. The molecule has 0 aliphatic rings. The van der Waals surface area contributed by atoms with E-state index in [-0.39, 0.29) is 22.8 Å². The predicted molar refractivity (Wildman–Crippen MR) is 87.2 cm³/mol. The van der Waals surface area contributed by atoms with Crippen LogP contribution in [0.4, 0.5) is 4.39 Å². The van der Waals surface area contributed by atoms with Crippen molar-refractivity contribution in [2.75, 3.05) is 0 Å². The largest absolute Gasteiger partial charge is 0.348 e. The second-order valence-corrected chi connectivity index (χ2v) is 5.56. The molecule has 23 heavy (non-hydrogen) atoms. The first-order valence-corrected chi connectivity index (χ1v) is 7.32. The van der Waals surface area contributed by atoms with E-state index in [4.69, 9.17) is 17.3 Å². The number of nitrogens with zero attached hydrogens (tertiary/aromatic N) is 2. The van der Waals surface area contributed by atoms with Crippen molar-refractivity contribution in [2.24, 2.45) is 5.73 Å². The Balaban J connectivity index is 2.12. The fourth-order valence-electron chi connectivity index (χ4n) is 2.23. The zero-order valence-electron chi connectivity index (χ0n) is 12.3. The first-order chi connectivity index (χ1) is 11.0. The third kappa shape index (κ3) is 2.91. The Hall–Kier alpha value is -2.44. The van der Waals surface area contributed by atoms with Crippen molar-refractivity contribution in [3.63, 3.8) is 0 Å². The molecule has 0 saturated carbocycles. The monoisotopic (exact) mass is 332 g/mol. The molecule has 1 heterocycles. The van der Waals surface area contributed by atoms with Crippen molar-refractivity contribution < 1.29 is 4.39 Å². The minimum absolute atomic E-state index is 0.00000513. The number of rotatable bonds is 3. The molecule has 0 spiro atoms. The number of H-pyrrole nitrogens is 1. The van der Waals surface area contributed by atoms with Gasteiger partial charge < -0.3 is 5.73 Å².